The average Bonchev–Trinajstić information content (AvgIpc) is 3.06. The molecule has 5 nitrogen and oxygen atoms in total. The number of hydrogen-bond donors (Lipinski definition) is 0. The molecule has 0 aliphatic rings. The number of thiazole rings is 2. The highest BCUT2D eigenvalue weighted by Gasteiger charge is 2.19. The lowest BCUT2D eigenvalue weighted by Gasteiger charge is -1.99. The minimum absolute atomic E-state index is 0.286. The molecular weight excluding hydrogens is 282 g/mol. The Labute approximate surface area is 117 Å². The van der Waals surface area contributed by atoms with Crippen LogP contribution < -0.4 is 0 Å². The van der Waals surface area contributed by atoms with E-state index in [0.717, 1.165) is 21.4 Å². The first-order valence-electron chi connectivity index (χ1n) is 5.76. The highest BCUT2D eigenvalue weighted by molar-refractivity contribution is 7.19. The van der Waals surface area contributed by atoms with Gasteiger partial charge in [-0.05, 0) is 13.8 Å². The van der Waals surface area contributed by atoms with Gasteiger partial charge in [0.05, 0.1) is 6.61 Å². The molecule has 0 atom stereocenters. The molecule has 0 aliphatic carbocycles. The lowest BCUT2D eigenvalue weighted by atomic mass is 10.4. The maximum Gasteiger partial charge on any atom is 0.350 e. The third kappa shape index (κ3) is 2.04. The van der Waals surface area contributed by atoms with Crippen molar-refractivity contribution in [1.29, 1.82) is 0 Å². The summed E-state index contributed by atoms with van der Waals surface area (Å²) in [6, 6.07) is 0. The van der Waals surface area contributed by atoms with E-state index in [1.54, 1.807) is 24.5 Å². The van der Waals surface area contributed by atoms with E-state index in [9.17, 15) is 4.79 Å². The topological polar surface area (TPSA) is 56.5 Å². The maximum atomic E-state index is 11.8. The first-order valence-corrected chi connectivity index (χ1v) is 7.45. The molecule has 3 heterocycles. The van der Waals surface area contributed by atoms with Gasteiger partial charge in [-0.15, -0.1) is 11.3 Å². The van der Waals surface area contributed by atoms with E-state index in [4.69, 9.17) is 4.74 Å². The highest BCUT2D eigenvalue weighted by Crippen LogP contribution is 2.28. The minimum atomic E-state index is -0.286. The van der Waals surface area contributed by atoms with Crippen molar-refractivity contribution < 1.29 is 9.53 Å². The second kappa shape index (κ2) is 4.75. The summed E-state index contributed by atoms with van der Waals surface area (Å²) in [6.07, 6.45) is 3.66. The predicted molar refractivity (Wildman–Crippen MR) is 74.9 cm³/mol. The van der Waals surface area contributed by atoms with Crippen molar-refractivity contribution in [3.05, 3.63) is 28.3 Å². The standard InChI is InChI=1S/C12H11N3O2S2/c1-3-17-11(16)9-7(2)15-6-8(14-12(15)19-9)10-13-4-5-18-10/h4-6H,3H2,1-2H3. The molecule has 0 aliphatic heterocycles. The van der Waals surface area contributed by atoms with Gasteiger partial charge in [0.15, 0.2) is 4.96 Å². The van der Waals surface area contributed by atoms with E-state index in [1.165, 1.54) is 11.3 Å². The zero-order valence-corrected chi connectivity index (χ0v) is 12.0. The second-order valence-corrected chi connectivity index (χ2v) is 5.73. The van der Waals surface area contributed by atoms with Crippen LogP contribution in [0.2, 0.25) is 0 Å². The van der Waals surface area contributed by atoms with E-state index in [1.807, 2.05) is 22.9 Å². The monoisotopic (exact) mass is 293 g/mol. The average molecular weight is 293 g/mol. The number of fused-ring (bicyclic) bond motifs is 1. The van der Waals surface area contributed by atoms with Crippen molar-refractivity contribution >= 4 is 33.6 Å². The van der Waals surface area contributed by atoms with Gasteiger partial charge in [-0.3, -0.25) is 4.40 Å². The van der Waals surface area contributed by atoms with Gasteiger partial charge in [0, 0.05) is 23.5 Å². The van der Waals surface area contributed by atoms with Gasteiger partial charge in [-0.25, -0.2) is 14.8 Å². The number of ether oxygens (including phenoxy) is 1. The Morgan fingerprint density at radius 2 is 2.37 bits per heavy atom. The molecule has 19 heavy (non-hydrogen) atoms. The van der Waals surface area contributed by atoms with E-state index < -0.39 is 0 Å². The van der Waals surface area contributed by atoms with Crippen LogP contribution in [0.15, 0.2) is 17.8 Å². The molecule has 0 aromatic carbocycles. The Bertz CT molecular complexity index is 728. The number of carbonyl (C=O) groups excluding carboxylic acids is 1. The fourth-order valence-corrected chi connectivity index (χ4v) is 3.38. The van der Waals surface area contributed by atoms with E-state index in [2.05, 4.69) is 9.97 Å². The van der Waals surface area contributed by atoms with Crippen LogP contribution in [0, 0.1) is 6.92 Å². The predicted octanol–water partition coefficient (Wildman–Crippen LogP) is 3.00. The van der Waals surface area contributed by atoms with Crippen molar-refractivity contribution in [2.75, 3.05) is 6.61 Å². The molecule has 0 bridgehead atoms. The van der Waals surface area contributed by atoms with Crippen LogP contribution in [-0.4, -0.2) is 26.9 Å². The number of esters is 1. The Kier molecular flexibility index (Phi) is 3.08. The summed E-state index contributed by atoms with van der Waals surface area (Å²) in [5, 5.41) is 2.80. The van der Waals surface area contributed by atoms with Gasteiger partial charge in [0.1, 0.15) is 15.6 Å². The van der Waals surface area contributed by atoms with Crippen molar-refractivity contribution in [3.8, 4) is 10.7 Å². The molecule has 0 spiro atoms. The first kappa shape index (κ1) is 12.3. The van der Waals surface area contributed by atoms with Crippen LogP contribution in [0.25, 0.3) is 15.7 Å². The number of nitrogens with zero attached hydrogens (tertiary/aromatic N) is 3. The summed E-state index contributed by atoms with van der Waals surface area (Å²) in [5.41, 5.74) is 1.69. The Balaban J connectivity index is 2.05. The zero-order chi connectivity index (χ0) is 13.4. The smallest absolute Gasteiger partial charge is 0.350 e. The molecule has 0 amide bonds. The quantitative estimate of drug-likeness (QED) is 0.697. The normalized spacial score (nSPS) is 11.1. The Morgan fingerprint density at radius 3 is 3.00 bits per heavy atom. The Hall–Kier alpha value is -1.73. The zero-order valence-electron chi connectivity index (χ0n) is 10.4. The number of aryl methyl sites for hydroxylation is 1. The summed E-state index contributed by atoms with van der Waals surface area (Å²) in [5.74, 6) is -0.286. The lowest BCUT2D eigenvalue weighted by molar-refractivity contribution is 0.0531. The largest absolute Gasteiger partial charge is 0.462 e. The summed E-state index contributed by atoms with van der Waals surface area (Å²) in [7, 11) is 0. The summed E-state index contributed by atoms with van der Waals surface area (Å²) in [4.78, 5) is 21.9. The SMILES string of the molecule is CCOC(=O)c1sc2nc(-c3nccs3)cn2c1C. The number of imidazole rings is 1. The van der Waals surface area contributed by atoms with Crippen molar-refractivity contribution in [2.24, 2.45) is 0 Å². The molecule has 3 aromatic heterocycles. The Morgan fingerprint density at radius 1 is 1.53 bits per heavy atom. The van der Waals surface area contributed by atoms with Crippen LogP contribution in [0.3, 0.4) is 0 Å². The van der Waals surface area contributed by atoms with Crippen LogP contribution in [0.5, 0.6) is 0 Å². The first-order chi connectivity index (χ1) is 9.20. The summed E-state index contributed by atoms with van der Waals surface area (Å²) >= 11 is 2.89. The molecule has 7 heteroatoms. The maximum absolute atomic E-state index is 11.8. The fourth-order valence-electron chi connectivity index (χ4n) is 1.79. The van der Waals surface area contributed by atoms with Gasteiger partial charge >= 0.3 is 5.97 Å². The van der Waals surface area contributed by atoms with Gasteiger partial charge in [-0.1, -0.05) is 11.3 Å². The number of aromatic nitrogens is 3. The minimum Gasteiger partial charge on any atom is -0.462 e. The molecule has 98 valence electrons. The number of rotatable bonds is 3. The number of carbonyl (C=O) groups is 1. The van der Waals surface area contributed by atoms with Crippen molar-refractivity contribution in [1.82, 2.24) is 14.4 Å². The van der Waals surface area contributed by atoms with Crippen LogP contribution in [0.4, 0.5) is 0 Å². The van der Waals surface area contributed by atoms with E-state index in [0.29, 0.717) is 11.5 Å². The van der Waals surface area contributed by atoms with Gasteiger partial charge < -0.3 is 4.74 Å². The molecule has 0 fully saturated rings. The van der Waals surface area contributed by atoms with Crippen LogP contribution >= 0.6 is 22.7 Å². The molecule has 0 saturated carbocycles. The molecule has 0 saturated heterocycles. The van der Waals surface area contributed by atoms with Gasteiger partial charge in [0.25, 0.3) is 0 Å². The van der Waals surface area contributed by atoms with E-state index in [-0.39, 0.29) is 5.97 Å². The van der Waals surface area contributed by atoms with Crippen molar-refractivity contribution in [3.63, 3.8) is 0 Å². The van der Waals surface area contributed by atoms with Crippen molar-refractivity contribution in [2.45, 2.75) is 13.8 Å². The highest BCUT2D eigenvalue weighted by atomic mass is 32.1. The van der Waals surface area contributed by atoms with Gasteiger partial charge in [0.2, 0.25) is 0 Å². The molecule has 0 radical (unpaired) electrons. The van der Waals surface area contributed by atoms with Crippen LogP contribution in [0.1, 0.15) is 22.3 Å². The third-order valence-corrected chi connectivity index (χ3v) is 4.60. The third-order valence-electron chi connectivity index (χ3n) is 2.67. The summed E-state index contributed by atoms with van der Waals surface area (Å²) in [6.45, 7) is 4.07. The van der Waals surface area contributed by atoms with Gasteiger partial charge in [-0.2, -0.15) is 0 Å². The molecule has 3 rings (SSSR count). The summed E-state index contributed by atoms with van der Waals surface area (Å²) < 4.78 is 6.94. The molecular formula is C12H11N3O2S2. The molecule has 3 aromatic rings. The fraction of sp³-hybridized carbons (Fsp3) is 0.250. The van der Waals surface area contributed by atoms with Crippen LogP contribution in [-0.2, 0) is 4.74 Å². The van der Waals surface area contributed by atoms with E-state index >= 15 is 0 Å². The second-order valence-electron chi connectivity index (χ2n) is 3.85. The molecule has 0 N–H and O–H groups in total. The lowest BCUT2D eigenvalue weighted by Crippen LogP contribution is -2.04. The molecule has 0 unspecified atom stereocenters. The number of hydrogen-bond acceptors (Lipinski definition) is 6.